The molecule has 1 rings (SSSR count). The first-order valence-corrected chi connectivity index (χ1v) is 5.21. The number of para-hydroxylation sites is 1. The second kappa shape index (κ2) is 6.29. The number of benzene rings is 1. The van der Waals surface area contributed by atoms with Gasteiger partial charge >= 0.3 is 0 Å². The molecule has 1 aromatic rings. The number of rotatable bonds is 4. The second-order valence-electron chi connectivity index (χ2n) is 3.50. The number of hydrogen-bond acceptors (Lipinski definition) is 4. The van der Waals surface area contributed by atoms with Crippen molar-refractivity contribution in [1.29, 1.82) is 5.26 Å². The predicted molar refractivity (Wildman–Crippen MR) is 67.8 cm³/mol. The molecule has 0 aliphatic carbocycles. The van der Waals surface area contributed by atoms with E-state index in [-0.39, 0.29) is 6.42 Å². The first kappa shape index (κ1) is 13.6. The van der Waals surface area contributed by atoms with Crippen molar-refractivity contribution in [2.45, 2.75) is 12.5 Å². The molecule has 92 valence electrons. The zero-order valence-electron chi connectivity index (χ0n) is 9.93. The Morgan fingerprint density at radius 1 is 1.67 bits per heavy atom. The van der Waals surface area contributed by atoms with E-state index in [0.29, 0.717) is 17.0 Å². The smallest absolute Gasteiger partial charge is 0.242 e. The Kier molecular flexibility index (Phi) is 4.74. The van der Waals surface area contributed by atoms with E-state index in [1.54, 1.807) is 18.2 Å². The normalized spacial score (nSPS) is 10.9. The van der Waals surface area contributed by atoms with E-state index < -0.39 is 11.9 Å². The van der Waals surface area contributed by atoms with E-state index in [0.717, 1.165) is 0 Å². The summed E-state index contributed by atoms with van der Waals surface area (Å²) in [6.07, 6.45) is 5.21. The van der Waals surface area contributed by atoms with E-state index in [9.17, 15) is 4.79 Å². The van der Waals surface area contributed by atoms with Crippen molar-refractivity contribution in [1.82, 2.24) is 0 Å². The number of hydrogen-bond donors (Lipinski definition) is 2. The Morgan fingerprint density at radius 2 is 2.39 bits per heavy atom. The number of terminal acetylenes is 1. The van der Waals surface area contributed by atoms with Crippen LogP contribution in [0.3, 0.4) is 0 Å². The van der Waals surface area contributed by atoms with Gasteiger partial charge in [0.25, 0.3) is 0 Å². The highest BCUT2D eigenvalue weighted by Gasteiger charge is 2.16. The Balaban J connectivity index is 3.00. The van der Waals surface area contributed by atoms with Crippen LogP contribution in [0.1, 0.15) is 12.0 Å². The van der Waals surface area contributed by atoms with Crippen LogP contribution >= 0.6 is 0 Å². The third-order valence-electron chi connectivity index (χ3n) is 2.29. The molecule has 1 amide bonds. The number of amides is 1. The number of methoxy groups -OCH3 is 1. The summed E-state index contributed by atoms with van der Waals surface area (Å²) in [6.45, 7) is 0. The maximum Gasteiger partial charge on any atom is 0.242 e. The largest absolute Gasteiger partial charge is 0.495 e. The number of carbonyl (C=O) groups is 1. The van der Waals surface area contributed by atoms with Crippen LogP contribution in [0.25, 0.3) is 0 Å². The highest BCUT2D eigenvalue weighted by Crippen LogP contribution is 2.27. The quantitative estimate of drug-likeness (QED) is 0.767. The zero-order valence-corrected chi connectivity index (χ0v) is 9.93. The van der Waals surface area contributed by atoms with Gasteiger partial charge in [-0.15, -0.1) is 12.3 Å². The minimum Gasteiger partial charge on any atom is -0.495 e. The molecule has 0 spiro atoms. The molecule has 0 saturated heterocycles. The average Bonchev–Trinajstić information content (AvgIpc) is 2.39. The molecule has 0 fully saturated rings. The molecule has 0 aliphatic heterocycles. The van der Waals surface area contributed by atoms with E-state index in [1.165, 1.54) is 7.11 Å². The molecule has 1 unspecified atom stereocenters. The van der Waals surface area contributed by atoms with Crippen molar-refractivity contribution in [3.8, 4) is 24.2 Å². The number of ether oxygens (including phenoxy) is 1. The minimum absolute atomic E-state index is 0.128. The molecule has 1 aromatic carbocycles. The molecule has 3 N–H and O–H groups in total. The molecule has 0 bridgehead atoms. The summed E-state index contributed by atoms with van der Waals surface area (Å²) in [7, 11) is 1.45. The average molecular weight is 243 g/mol. The molecular weight excluding hydrogens is 230 g/mol. The summed E-state index contributed by atoms with van der Waals surface area (Å²) in [6, 6.07) is 6.03. The number of nitriles is 1. The van der Waals surface area contributed by atoms with Crippen LogP contribution in [0.4, 0.5) is 5.69 Å². The van der Waals surface area contributed by atoms with Crippen molar-refractivity contribution in [2.24, 2.45) is 5.73 Å². The summed E-state index contributed by atoms with van der Waals surface area (Å²) in [5.41, 5.74) is 6.19. The lowest BCUT2D eigenvalue weighted by Crippen LogP contribution is -2.35. The van der Waals surface area contributed by atoms with Crippen LogP contribution in [0.15, 0.2) is 18.2 Å². The molecule has 0 saturated carbocycles. The van der Waals surface area contributed by atoms with Crippen LogP contribution in [0, 0.1) is 23.7 Å². The second-order valence-corrected chi connectivity index (χ2v) is 3.50. The lowest BCUT2D eigenvalue weighted by Gasteiger charge is -2.13. The number of carbonyl (C=O) groups excluding carboxylic acids is 1. The Morgan fingerprint density at radius 3 is 2.94 bits per heavy atom. The molecule has 0 aliphatic rings. The Hall–Kier alpha value is -2.50. The fraction of sp³-hybridized carbons (Fsp3) is 0.231. The van der Waals surface area contributed by atoms with Gasteiger partial charge in [0.15, 0.2) is 0 Å². The first-order chi connectivity index (χ1) is 8.63. The lowest BCUT2D eigenvalue weighted by molar-refractivity contribution is -0.117. The van der Waals surface area contributed by atoms with Crippen LogP contribution in [0.2, 0.25) is 0 Å². The van der Waals surface area contributed by atoms with Crippen molar-refractivity contribution in [3.63, 3.8) is 0 Å². The summed E-state index contributed by atoms with van der Waals surface area (Å²) < 4.78 is 5.08. The first-order valence-electron chi connectivity index (χ1n) is 5.21. The number of nitrogens with two attached hydrogens (primary N) is 1. The monoisotopic (exact) mass is 243 g/mol. The molecule has 0 heterocycles. The molecule has 18 heavy (non-hydrogen) atoms. The number of nitrogens with zero attached hydrogens (tertiary/aromatic N) is 1. The van der Waals surface area contributed by atoms with Gasteiger partial charge < -0.3 is 15.8 Å². The van der Waals surface area contributed by atoms with Crippen LogP contribution in [-0.4, -0.2) is 19.1 Å². The van der Waals surface area contributed by atoms with Crippen molar-refractivity contribution in [3.05, 3.63) is 23.8 Å². The fourth-order valence-corrected chi connectivity index (χ4v) is 1.36. The van der Waals surface area contributed by atoms with Gasteiger partial charge in [-0.2, -0.15) is 5.26 Å². The molecule has 0 radical (unpaired) electrons. The van der Waals surface area contributed by atoms with E-state index >= 15 is 0 Å². The standard InChI is InChI=1S/C13H13N3O2/c1-3-5-10(15)13(17)16-12-9(8-14)6-4-7-11(12)18-2/h1,4,6-7,10H,5,15H2,2H3,(H,16,17). The van der Waals surface area contributed by atoms with E-state index in [4.69, 9.17) is 22.2 Å². The number of nitrogens with one attached hydrogen (secondary N) is 1. The Bertz CT molecular complexity index is 526. The summed E-state index contributed by atoms with van der Waals surface area (Å²) >= 11 is 0. The van der Waals surface area contributed by atoms with Gasteiger partial charge in [0.2, 0.25) is 5.91 Å². The minimum atomic E-state index is -0.813. The molecule has 0 aromatic heterocycles. The summed E-state index contributed by atoms with van der Waals surface area (Å²) in [5, 5.41) is 11.5. The fourth-order valence-electron chi connectivity index (χ4n) is 1.36. The predicted octanol–water partition coefficient (Wildman–Crippen LogP) is 0.856. The SMILES string of the molecule is C#CCC(N)C(=O)Nc1c(C#N)cccc1OC. The van der Waals surface area contributed by atoms with Gasteiger partial charge in [0, 0.05) is 6.42 Å². The van der Waals surface area contributed by atoms with Crippen molar-refractivity contribution < 1.29 is 9.53 Å². The number of anilines is 1. The van der Waals surface area contributed by atoms with Gasteiger partial charge in [-0.1, -0.05) is 6.07 Å². The molecule has 1 atom stereocenters. The van der Waals surface area contributed by atoms with Crippen LogP contribution in [-0.2, 0) is 4.79 Å². The van der Waals surface area contributed by atoms with Gasteiger partial charge in [0.1, 0.15) is 17.5 Å². The van der Waals surface area contributed by atoms with Crippen LogP contribution < -0.4 is 15.8 Å². The van der Waals surface area contributed by atoms with Gasteiger partial charge in [-0.25, -0.2) is 0 Å². The molecular formula is C13H13N3O2. The van der Waals surface area contributed by atoms with Crippen molar-refractivity contribution in [2.75, 3.05) is 12.4 Å². The molecule has 5 nitrogen and oxygen atoms in total. The van der Waals surface area contributed by atoms with Crippen molar-refractivity contribution >= 4 is 11.6 Å². The zero-order chi connectivity index (χ0) is 13.5. The van der Waals surface area contributed by atoms with Gasteiger partial charge in [-0.3, -0.25) is 4.79 Å². The Labute approximate surface area is 106 Å². The maximum absolute atomic E-state index is 11.7. The van der Waals surface area contributed by atoms with E-state index in [1.807, 2.05) is 6.07 Å². The van der Waals surface area contributed by atoms with Gasteiger partial charge in [-0.05, 0) is 12.1 Å². The topological polar surface area (TPSA) is 88.1 Å². The third-order valence-corrected chi connectivity index (χ3v) is 2.29. The lowest BCUT2D eigenvalue weighted by atomic mass is 10.1. The van der Waals surface area contributed by atoms with Gasteiger partial charge in [0.05, 0.1) is 18.7 Å². The third kappa shape index (κ3) is 3.00. The maximum atomic E-state index is 11.7. The van der Waals surface area contributed by atoms with E-state index in [2.05, 4.69) is 11.2 Å². The summed E-state index contributed by atoms with van der Waals surface area (Å²) in [5.74, 6) is 2.26. The van der Waals surface area contributed by atoms with Crippen LogP contribution in [0.5, 0.6) is 5.75 Å². The molecule has 5 heteroatoms. The summed E-state index contributed by atoms with van der Waals surface area (Å²) in [4.78, 5) is 11.7. The highest BCUT2D eigenvalue weighted by molar-refractivity contribution is 5.97. The highest BCUT2D eigenvalue weighted by atomic mass is 16.5.